The highest BCUT2D eigenvalue weighted by molar-refractivity contribution is 5.85. The number of fused-ring (bicyclic) bond motifs is 1. The molecule has 0 bridgehead atoms. The van der Waals surface area contributed by atoms with Crippen LogP contribution in [0.25, 0.3) is 0 Å². The smallest absolute Gasteiger partial charge is 0.314 e. The number of hydrogen-bond acceptors (Lipinski definition) is 2. The molecular formula is C12H10O4. The molecule has 82 valence electrons. The monoisotopic (exact) mass is 218 g/mol. The van der Waals surface area contributed by atoms with Gasteiger partial charge in [-0.15, -0.1) is 0 Å². The first-order chi connectivity index (χ1) is 7.61. The molecule has 1 aromatic rings. The molecule has 0 aliphatic heterocycles. The Morgan fingerprint density at radius 1 is 0.875 bits per heavy atom. The minimum atomic E-state index is -0.965. The molecule has 2 atom stereocenters. The Hall–Kier alpha value is -2.10. The van der Waals surface area contributed by atoms with Gasteiger partial charge >= 0.3 is 11.9 Å². The maximum absolute atomic E-state index is 11.0. The minimum Gasteiger partial charge on any atom is -0.481 e. The lowest BCUT2D eigenvalue weighted by Gasteiger charge is -2.21. The average Bonchev–Trinajstić information content (AvgIpc) is 2.27. The van der Waals surface area contributed by atoms with Gasteiger partial charge in [-0.05, 0) is 11.1 Å². The van der Waals surface area contributed by atoms with Crippen LogP contribution in [0.5, 0.6) is 0 Å². The molecule has 2 N–H and O–H groups in total. The van der Waals surface area contributed by atoms with E-state index in [1.165, 1.54) is 12.2 Å². The maximum atomic E-state index is 11.0. The van der Waals surface area contributed by atoms with E-state index in [2.05, 4.69) is 0 Å². The SMILES string of the molecule is O=C(O)C1C=CC(C(=O)O)c2ccccc21. The van der Waals surface area contributed by atoms with Gasteiger partial charge in [0.25, 0.3) is 0 Å². The third kappa shape index (κ3) is 1.58. The third-order valence-electron chi connectivity index (χ3n) is 2.69. The van der Waals surface area contributed by atoms with Crippen molar-refractivity contribution in [2.45, 2.75) is 11.8 Å². The van der Waals surface area contributed by atoms with Crippen LogP contribution in [0.15, 0.2) is 36.4 Å². The minimum absolute atomic E-state index is 0.560. The zero-order chi connectivity index (χ0) is 11.7. The highest BCUT2D eigenvalue weighted by Gasteiger charge is 2.30. The number of benzene rings is 1. The summed E-state index contributed by atoms with van der Waals surface area (Å²) in [6, 6.07) is 6.75. The van der Waals surface area contributed by atoms with Gasteiger partial charge in [0.2, 0.25) is 0 Å². The molecule has 2 rings (SSSR count). The summed E-state index contributed by atoms with van der Waals surface area (Å²) in [6.45, 7) is 0. The standard InChI is InChI=1S/C12H10O4/c13-11(14)9-5-6-10(12(15)16)8-4-2-1-3-7(8)9/h1-6,9-10H,(H,13,14)(H,15,16). The Balaban J connectivity index is 2.54. The second kappa shape index (κ2) is 3.81. The van der Waals surface area contributed by atoms with E-state index in [1.807, 2.05) is 0 Å². The van der Waals surface area contributed by atoms with Crippen molar-refractivity contribution in [1.82, 2.24) is 0 Å². The highest BCUT2D eigenvalue weighted by Crippen LogP contribution is 2.33. The van der Waals surface area contributed by atoms with Gasteiger partial charge in [-0.25, -0.2) is 0 Å². The number of hydrogen-bond donors (Lipinski definition) is 2. The van der Waals surface area contributed by atoms with Crippen LogP contribution < -0.4 is 0 Å². The van der Waals surface area contributed by atoms with Crippen LogP contribution in [0.3, 0.4) is 0 Å². The number of carboxylic acids is 2. The van der Waals surface area contributed by atoms with Crippen LogP contribution in [0, 0.1) is 0 Å². The third-order valence-corrected chi connectivity index (χ3v) is 2.69. The van der Waals surface area contributed by atoms with Gasteiger partial charge < -0.3 is 10.2 Å². The fraction of sp³-hybridized carbons (Fsp3) is 0.167. The Labute approximate surface area is 91.8 Å². The summed E-state index contributed by atoms with van der Waals surface area (Å²) in [5.41, 5.74) is 1.12. The topological polar surface area (TPSA) is 74.6 Å². The van der Waals surface area contributed by atoms with Gasteiger partial charge in [-0.1, -0.05) is 36.4 Å². The Morgan fingerprint density at radius 2 is 1.25 bits per heavy atom. The van der Waals surface area contributed by atoms with Gasteiger partial charge in [0, 0.05) is 0 Å². The summed E-state index contributed by atoms with van der Waals surface area (Å²) >= 11 is 0. The summed E-state index contributed by atoms with van der Waals surface area (Å²) in [7, 11) is 0. The van der Waals surface area contributed by atoms with E-state index < -0.39 is 23.8 Å². The van der Waals surface area contributed by atoms with Crippen molar-refractivity contribution in [3.05, 3.63) is 47.5 Å². The summed E-state index contributed by atoms with van der Waals surface area (Å²) in [5, 5.41) is 18.0. The second-order valence-corrected chi connectivity index (χ2v) is 3.65. The van der Waals surface area contributed by atoms with Crippen molar-refractivity contribution in [2.24, 2.45) is 0 Å². The van der Waals surface area contributed by atoms with Crippen molar-refractivity contribution in [3.63, 3.8) is 0 Å². The molecule has 1 aromatic carbocycles. The first-order valence-electron chi connectivity index (χ1n) is 4.84. The summed E-state index contributed by atoms with van der Waals surface area (Å²) < 4.78 is 0. The van der Waals surface area contributed by atoms with Crippen LogP contribution in [0.1, 0.15) is 23.0 Å². The molecule has 0 aromatic heterocycles. The molecule has 0 spiro atoms. The van der Waals surface area contributed by atoms with E-state index in [4.69, 9.17) is 10.2 Å². The Kier molecular flexibility index (Phi) is 2.48. The van der Waals surface area contributed by atoms with E-state index in [9.17, 15) is 9.59 Å². The normalized spacial score (nSPS) is 22.5. The molecule has 1 aliphatic rings. The molecule has 0 amide bonds. The first-order valence-corrected chi connectivity index (χ1v) is 4.84. The molecule has 1 aliphatic carbocycles. The predicted octanol–water partition coefficient (Wildman–Crippen LogP) is 1.59. The molecule has 4 nitrogen and oxygen atoms in total. The van der Waals surface area contributed by atoms with Crippen molar-refractivity contribution in [2.75, 3.05) is 0 Å². The van der Waals surface area contributed by atoms with Crippen LogP contribution in [0.2, 0.25) is 0 Å². The largest absolute Gasteiger partial charge is 0.481 e. The average molecular weight is 218 g/mol. The lowest BCUT2D eigenvalue weighted by Crippen LogP contribution is -2.20. The van der Waals surface area contributed by atoms with Crippen LogP contribution in [-0.4, -0.2) is 22.2 Å². The van der Waals surface area contributed by atoms with Gasteiger partial charge in [-0.3, -0.25) is 9.59 Å². The molecule has 2 unspecified atom stereocenters. The van der Waals surface area contributed by atoms with E-state index >= 15 is 0 Å². The zero-order valence-corrected chi connectivity index (χ0v) is 8.33. The quantitative estimate of drug-likeness (QED) is 0.739. The zero-order valence-electron chi connectivity index (χ0n) is 8.33. The molecule has 0 saturated carbocycles. The number of aliphatic carboxylic acids is 2. The number of rotatable bonds is 2. The van der Waals surface area contributed by atoms with Crippen LogP contribution >= 0.6 is 0 Å². The molecule has 0 saturated heterocycles. The number of carboxylic acid groups (broad SMARTS) is 2. The first kappa shape index (κ1) is 10.4. The fourth-order valence-electron chi connectivity index (χ4n) is 1.94. The van der Waals surface area contributed by atoms with Gasteiger partial charge in [-0.2, -0.15) is 0 Å². The molecule has 0 heterocycles. The summed E-state index contributed by atoms with van der Waals surface area (Å²) in [5.74, 6) is -3.42. The maximum Gasteiger partial charge on any atom is 0.314 e. The molecule has 0 fully saturated rings. The van der Waals surface area contributed by atoms with Crippen molar-refractivity contribution in [3.8, 4) is 0 Å². The van der Waals surface area contributed by atoms with E-state index in [-0.39, 0.29) is 0 Å². The van der Waals surface area contributed by atoms with Crippen molar-refractivity contribution < 1.29 is 19.8 Å². The van der Waals surface area contributed by atoms with Crippen LogP contribution in [-0.2, 0) is 9.59 Å². The van der Waals surface area contributed by atoms with Gasteiger partial charge in [0.05, 0.1) is 0 Å². The van der Waals surface area contributed by atoms with Gasteiger partial charge in [0.15, 0.2) is 0 Å². The second-order valence-electron chi connectivity index (χ2n) is 3.65. The fourth-order valence-corrected chi connectivity index (χ4v) is 1.94. The molecular weight excluding hydrogens is 208 g/mol. The van der Waals surface area contributed by atoms with E-state index in [0.717, 1.165) is 0 Å². The predicted molar refractivity (Wildman–Crippen MR) is 56.3 cm³/mol. The Bertz CT molecular complexity index is 433. The molecule has 4 heteroatoms. The Morgan fingerprint density at radius 3 is 1.56 bits per heavy atom. The molecule has 0 radical (unpaired) electrons. The lowest BCUT2D eigenvalue weighted by atomic mass is 9.82. The van der Waals surface area contributed by atoms with Crippen molar-refractivity contribution in [1.29, 1.82) is 0 Å². The summed E-state index contributed by atoms with van der Waals surface area (Å²) in [4.78, 5) is 22.0. The van der Waals surface area contributed by atoms with E-state index in [0.29, 0.717) is 11.1 Å². The van der Waals surface area contributed by atoms with Gasteiger partial charge in [0.1, 0.15) is 11.8 Å². The summed E-state index contributed by atoms with van der Waals surface area (Å²) in [6.07, 6.45) is 2.87. The number of carbonyl (C=O) groups is 2. The highest BCUT2D eigenvalue weighted by atomic mass is 16.4. The van der Waals surface area contributed by atoms with Crippen LogP contribution in [0.4, 0.5) is 0 Å². The molecule has 16 heavy (non-hydrogen) atoms. The lowest BCUT2D eigenvalue weighted by molar-refractivity contribution is -0.139. The van der Waals surface area contributed by atoms with Crippen molar-refractivity contribution >= 4 is 11.9 Å². The van der Waals surface area contributed by atoms with E-state index in [1.54, 1.807) is 24.3 Å².